The van der Waals surface area contributed by atoms with E-state index in [0.29, 0.717) is 32.1 Å². The van der Waals surface area contributed by atoms with Crippen molar-refractivity contribution >= 4 is 39.5 Å². The van der Waals surface area contributed by atoms with Gasteiger partial charge in [-0.15, -0.1) is 0 Å². The molecule has 0 bridgehead atoms. The summed E-state index contributed by atoms with van der Waals surface area (Å²) in [5.41, 5.74) is 0. The minimum Gasteiger partial charge on any atom is -0.462 e. The van der Waals surface area contributed by atoms with Crippen LogP contribution >= 0.6 is 15.6 Å². The molecule has 5 unspecified atom stereocenters. The fraction of sp³-hybridized carbons (Fsp3) is 0.718. The highest BCUT2D eigenvalue weighted by Gasteiger charge is 2.30. The monoisotopic (exact) mass is 1500 g/mol. The van der Waals surface area contributed by atoms with Crippen molar-refractivity contribution in [1.29, 1.82) is 0 Å². The van der Waals surface area contributed by atoms with Gasteiger partial charge in [-0.05, 0) is 122 Å². The Morgan fingerprint density at radius 3 is 0.885 bits per heavy atom. The van der Waals surface area contributed by atoms with E-state index >= 15 is 0 Å². The fourth-order valence-electron chi connectivity index (χ4n) is 10.7. The largest absolute Gasteiger partial charge is 0.472 e. The Balaban J connectivity index is 5.38. The number of unbranched alkanes of at least 4 members (excludes halogenated alkanes) is 30. The van der Waals surface area contributed by atoms with Gasteiger partial charge in [0.25, 0.3) is 0 Å². The summed E-state index contributed by atoms with van der Waals surface area (Å²) in [5.74, 6) is -2.28. The molecule has 0 heterocycles. The van der Waals surface area contributed by atoms with Gasteiger partial charge in [-0.3, -0.25) is 37.3 Å². The highest BCUT2D eigenvalue weighted by Crippen LogP contribution is 2.45. The molecule has 0 aromatic rings. The lowest BCUT2D eigenvalue weighted by Crippen LogP contribution is -2.30. The molecule has 0 aromatic heterocycles. The Morgan fingerprint density at radius 1 is 0.279 bits per heavy atom. The zero-order valence-electron chi connectivity index (χ0n) is 65.4. The first-order valence-corrected chi connectivity index (χ1v) is 43.8. The van der Waals surface area contributed by atoms with Gasteiger partial charge in [0.15, 0.2) is 12.2 Å². The molecule has 0 saturated heterocycles. The molecular formula is C85H146O17P2. The number of aliphatic hydroxyl groups is 1. The van der Waals surface area contributed by atoms with Gasteiger partial charge in [0.2, 0.25) is 0 Å². The topological polar surface area (TPSA) is 237 Å². The quantitative estimate of drug-likeness (QED) is 0.0169. The molecule has 0 fully saturated rings. The average Bonchev–Trinajstić information content (AvgIpc) is 0.929. The molecule has 19 heteroatoms. The van der Waals surface area contributed by atoms with E-state index in [9.17, 15) is 43.2 Å². The van der Waals surface area contributed by atoms with Crippen LogP contribution in [0.15, 0.2) is 122 Å². The molecule has 0 radical (unpaired) electrons. The molecule has 598 valence electrons. The van der Waals surface area contributed by atoms with E-state index < -0.39 is 97.5 Å². The zero-order chi connectivity index (χ0) is 76.0. The van der Waals surface area contributed by atoms with E-state index in [1.165, 1.54) is 96.3 Å². The van der Waals surface area contributed by atoms with Crippen LogP contribution in [0.4, 0.5) is 0 Å². The van der Waals surface area contributed by atoms with Gasteiger partial charge in [-0.25, -0.2) is 9.13 Å². The lowest BCUT2D eigenvalue weighted by Gasteiger charge is -2.21. The number of hydrogen-bond acceptors (Lipinski definition) is 15. The lowest BCUT2D eigenvalue weighted by molar-refractivity contribution is -0.161. The van der Waals surface area contributed by atoms with Crippen LogP contribution in [0.3, 0.4) is 0 Å². The van der Waals surface area contributed by atoms with Crippen LogP contribution in [0.25, 0.3) is 0 Å². The van der Waals surface area contributed by atoms with Crippen LogP contribution in [0.1, 0.15) is 336 Å². The molecule has 5 atom stereocenters. The normalized spacial score (nSPS) is 14.5. The molecule has 0 saturated carbocycles. The van der Waals surface area contributed by atoms with Crippen LogP contribution in [-0.2, 0) is 65.4 Å². The van der Waals surface area contributed by atoms with Crippen molar-refractivity contribution in [2.75, 3.05) is 39.6 Å². The van der Waals surface area contributed by atoms with E-state index in [0.717, 1.165) is 154 Å². The first kappa shape index (κ1) is 99.5. The SMILES string of the molecule is CC/C=C\C/C=C\C/C=C\C/C=C\C/C=C\C/C=C\CCC(=O)OCC(COP(=O)(O)OCC(O)COP(=O)(O)OCC(COC(=O)CCCCCCCC/C=C\C/C=C\C/C=C\CCCCC)OC(=O)CCCCCCC/C=C\CCCC)OC(=O)CCCCCCCCCCCCCCCCC. The number of aliphatic hydroxyl groups excluding tert-OH is 1. The second-order valence-electron chi connectivity index (χ2n) is 27.0. The smallest absolute Gasteiger partial charge is 0.462 e. The number of phosphoric ester groups is 2. The number of carbonyl (C=O) groups is 4. The van der Waals surface area contributed by atoms with Gasteiger partial charge >= 0.3 is 39.5 Å². The number of phosphoric acid groups is 2. The minimum absolute atomic E-state index is 0.0363. The Labute approximate surface area is 632 Å². The van der Waals surface area contributed by atoms with Crippen molar-refractivity contribution in [2.45, 2.75) is 354 Å². The van der Waals surface area contributed by atoms with E-state index in [1.54, 1.807) is 0 Å². The van der Waals surface area contributed by atoms with Crippen LogP contribution < -0.4 is 0 Å². The van der Waals surface area contributed by atoms with Gasteiger partial charge in [0.05, 0.1) is 26.4 Å². The Hall–Kier alpha value is -4.54. The molecular weight excluding hydrogens is 1350 g/mol. The first-order valence-electron chi connectivity index (χ1n) is 40.8. The Morgan fingerprint density at radius 2 is 0.529 bits per heavy atom. The van der Waals surface area contributed by atoms with Crippen molar-refractivity contribution < 1.29 is 80.2 Å². The van der Waals surface area contributed by atoms with Gasteiger partial charge < -0.3 is 33.8 Å². The van der Waals surface area contributed by atoms with Crippen molar-refractivity contribution in [3.63, 3.8) is 0 Å². The molecule has 0 rings (SSSR count). The third-order valence-corrected chi connectivity index (χ3v) is 18.8. The summed E-state index contributed by atoms with van der Waals surface area (Å²) >= 11 is 0. The van der Waals surface area contributed by atoms with E-state index in [1.807, 2.05) is 18.2 Å². The molecule has 0 spiro atoms. The van der Waals surface area contributed by atoms with Crippen LogP contribution in [0, 0.1) is 0 Å². The standard InChI is InChI=1S/C85H146O17P2/c1-5-9-13-17-21-25-29-32-35-37-39-41-44-46-50-53-57-61-65-69-82(87)95-75-80(101-84(89)71-67-63-59-55-49-28-24-20-16-12-8-4)77-99-103(91,92)97-73-79(86)74-98-104(93,94)100-78-81(102-85(90)72-68-64-60-56-52-48-43-34-31-27-23-19-15-11-7-3)76-96-83(88)70-66-62-58-54-51-47-45-42-40-38-36-33-30-26-22-18-14-10-6-2/h10,14,20-22,24-26,32-33,35-36,39-42,47,51,58,62,79-81,86H,5-9,11-13,15-19,23,27-31,34,37-38,43-46,48-50,52-57,59-61,63-78H2,1-4H3,(H,91,92)(H,93,94)/b14-10-,24-20-,25-21-,26-22-,35-32-,36-33-,41-39-,42-40-,51-47-,62-58-. The van der Waals surface area contributed by atoms with Crippen molar-refractivity contribution in [3.05, 3.63) is 122 Å². The van der Waals surface area contributed by atoms with E-state index in [2.05, 4.69) is 131 Å². The van der Waals surface area contributed by atoms with Crippen molar-refractivity contribution in [1.82, 2.24) is 0 Å². The van der Waals surface area contributed by atoms with E-state index in [4.69, 9.17) is 37.0 Å². The molecule has 0 aliphatic carbocycles. The number of rotatable bonds is 76. The molecule has 104 heavy (non-hydrogen) atoms. The summed E-state index contributed by atoms with van der Waals surface area (Å²) in [6.45, 7) is 4.62. The van der Waals surface area contributed by atoms with E-state index in [-0.39, 0.29) is 25.7 Å². The summed E-state index contributed by atoms with van der Waals surface area (Å²) < 4.78 is 68.5. The van der Waals surface area contributed by atoms with Crippen LogP contribution in [0.2, 0.25) is 0 Å². The average molecular weight is 1500 g/mol. The van der Waals surface area contributed by atoms with Gasteiger partial charge in [-0.2, -0.15) is 0 Å². The third-order valence-electron chi connectivity index (χ3n) is 16.9. The summed E-state index contributed by atoms with van der Waals surface area (Å²) in [5, 5.41) is 10.6. The lowest BCUT2D eigenvalue weighted by atomic mass is 10.0. The number of carbonyl (C=O) groups excluding carboxylic acids is 4. The zero-order valence-corrected chi connectivity index (χ0v) is 67.2. The summed E-state index contributed by atoms with van der Waals surface area (Å²) in [6, 6.07) is 0. The number of ether oxygens (including phenoxy) is 4. The maximum Gasteiger partial charge on any atom is 0.472 e. The van der Waals surface area contributed by atoms with Gasteiger partial charge in [0.1, 0.15) is 19.3 Å². The molecule has 0 aromatic carbocycles. The summed E-state index contributed by atoms with van der Waals surface area (Å²) in [4.78, 5) is 73.0. The molecule has 17 nitrogen and oxygen atoms in total. The van der Waals surface area contributed by atoms with Crippen LogP contribution in [0.5, 0.6) is 0 Å². The number of hydrogen-bond donors (Lipinski definition) is 3. The third kappa shape index (κ3) is 75.7. The summed E-state index contributed by atoms with van der Waals surface area (Å²) in [7, 11) is -9.98. The van der Waals surface area contributed by atoms with Crippen molar-refractivity contribution in [2.24, 2.45) is 0 Å². The van der Waals surface area contributed by atoms with Gasteiger partial charge in [0, 0.05) is 25.7 Å². The number of esters is 4. The maximum atomic E-state index is 13.1. The highest BCUT2D eigenvalue weighted by atomic mass is 31.2. The second-order valence-corrected chi connectivity index (χ2v) is 29.9. The minimum atomic E-state index is -4.99. The molecule has 0 amide bonds. The predicted octanol–water partition coefficient (Wildman–Crippen LogP) is 23.9. The molecule has 0 aliphatic heterocycles. The fourth-order valence-corrected chi connectivity index (χ4v) is 12.3. The van der Waals surface area contributed by atoms with Gasteiger partial charge in [-0.1, -0.05) is 310 Å². The predicted molar refractivity (Wildman–Crippen MR) is 427 cm³/mol. The highest BCUT2D eigenvalue weighted by molar-refractivity contribution is 7.47. The Bertz CT molecular complexity index is 2440. The van der Waals surface area contributed by atoms with Crippen molar-refractivity contribution in [3.8, 4) is 0 Å². The first-order chi connectivity index (χ1) is 50.7. The molecule has 0 aliphatic rings. The second kappa shape index (κ2) is 76.6. The Kier molecular flexibility index (Phi) is 73.3. The summed E-state index contributed by atoms with van der Waals surface area (Å²) in [6.07, 6.45) is 84.8. The maximum absolute atomic E-state index is 13.1. The number of allylic oxidation sites excluding steroid dienone is 20. The van der Waals surface area contributed by atoms with Crippen LogP contribution in [-0.4, -0.2) is 96.7 Å². The molecule has 3 N–H and O–H groups in total.